The number of hydrogen-bond donors (Lipinski definition) is 1. The third kappa shape index (κ3) is 3.24. The van der Waals surface area contributed by atoms with Crippen molar-refractivity contribution in [2.45, 2.75) is 26.3 Å². The Labute approximate surface area is 86.5 Å². The zero-order valence-corrected chi connectivity index (χ0v) is 8.88. The van der Waals surface area contributed by atoms with E-state index in [-0.39, 0.29) is 0 Å². The molecular formula is C13H17N. The second kappa shape index (κ2) is 6.23. The summed E-state index contributed by atoms with van der Waals surface area (Å²) in [7, 11) is 0. The monoisotopic (exact) mass is 187 g/mol. The van der Waals surface area contributed by atoms with Gasteiger partial charge < -0.3 is 0 Å². The predicted octanol–water partition coefficient (Wildman–Crippen LogP) is 2.75. The maximum absolute atomic E-state index is 3.41. The fourth-order valence-corrected chi connectivity index (χ4v) is 1.45. The van der Waals surface area contributed by atoms with Crippen LogP contribution in [0.4, 0.5) is 0 Å². The Balaban J connectivity index is 2.57. The number of rotatable bonds is 4. The van der Waals surface area contributed by atoms with Gasteiger partial charge in [0.1, 0.15) is 0 Å². The lowest BCUT2D eigenvalue weighted by atomic mass is 10.1. The first-order chi connectivity index (χ1) is 6.88. The normalized spacial score (nSPS) is 11.6. The van der Waals surface area contributed by atoms with Crippen LogP contribution in [0.25, 0.3) is 0 Å². The Morgan fingerprint density at radius 1 is 1.29 bits per heavy atom. The van der Waals surface area contributed by atoms with Crippen LogP contribution in [0.1, 0.15) is 31.9 Å². The topological polar surface area (TPSA) is 12.0 Å². The minimum absolute atomic E-state index is 0.428. The summed E-state index contributed by atoms with van der Waals surface area (Å²) in [5.41, 5.74) is 1.34. The van der Waals surface area contributed by atoms with Crippen molar-refractivity contribution in [2.24, 2.45) is 0 Å². The van der Waals surface area contributed by atoms with E-state index in [1.807, 2.05) is 13.0 Å². The SMILES string of the molecule is CC#CCNC(CC)c1ccccc1. The van der Waals surface area contributed by atoms with Gasteiger partial charge in [0.05, 0.1) is 6.54 Å². The van der Waals surface area contributed by atoms with E-state index in [1.165, 1.54) is 5.56 Å². The summed E-state index contributed by atoms with van der Waals surface area (Å²) in [5.74, 6) is 5.91. The largest absolute Gasteiger partial charge is 0.299 e. The van der Waals surface area contributed by atoms with Crippen molar-refractivity contribution >= 4 is 0 Å². The highest BCUT2D eigenvalue weighted by molar-refractivity contribution is 5.19. The third-order valence-electron chi connectivity index (χ3n) is 2.22. The summed E-state index contributed by atoms with van der Waals surface area (Å²) >= 11 is 0. The van der Waals surface area contributed by atoms with E-state index in [0.717, 1.165) is 13.0 Å². The van der Waals surface area contributed by atoms with Gasteiger partial charge in [0.25, 0.3) is 0 Å². The Kier molecular flexibility index (Phi) is 4.82. The predicted molar refractivity (Wildman–Crippen MR) is 60.9 cm³/mol. The maximum Gasteiger partial charge on any atom is 0.0581 e. The molecule has 0 bridgehead atoms. The molecule has 0 aromatic heterocycles. The molecule has 0 aliphatic carbocycles. The minimum atomic E-state index is 0.428. The zero-order chi connectivity index (χ0) is 10.2. The Bertz CT molecular complexity index is 305. The van der Waals surface area contributed by atoms with Gasteiger partial charge in [-0.3, -0.25) is 5.32 Å². The average Bonchev–Trinajstić information content (AvgIpc) is 2.26. The molecule has 0 spiro atoms. The van der Waals surface area contributed by atoms with Gasteiger partial charge in [-0.05, 0) is 18.9 Å². The smallest absolute Gasteiger partial charge is 0.0581 e. The van der Waals surface area contributed by atoms with Crippen molar-refractivity contribution in [1.82, 2.24) is 5.32 Å². The number of hydrogen-bond acceptors (Lipinski definition) is 1. The van der Waals surface area contributed by atoms with Gasteiger partial charge in [0.2, 0.25) is 0 Å². The van der Waals surface area contributed by atoms with Crippen LogP contribution < -0.4 is 5.32 Å². The Hall–Kier alpha value is -1.26. The molecule has 14 heavy (non-hydrogen) atoms. The van der Waals surface area contributed by atoms with E-state index in [2.05, 4.69) is 48.3 Å². The van der Waals surface area contributed by atoms with Crippen LogP contribution in [0, 0.1) is 11.8 Å². The van der Waals surface area contributed by atoms with Gasteiger partial charge in [-0.2, -0.15) is 0 Å². The first-order valence-electron chi connectivity index (χ1n) is 5.06. The van der Waals surface area contributed by atoms with Gasteiger partial charge in [-0.25, -0.2) is 0 Å². The summed E-state index contributed by atoms with van der Waals surface area (Å²) in [4.78, 5) is 0. The van der Waals surface area contributed by atoms with Crippen LogP contribution in [0.5, 0.6) is 0 Å². The maximum atomic E-state index is 3.41. The fourth-order valence-electron chi connectivity index (χ4n) is 1.45. The molecule has 0 aliphatic rings. The second-order valence-electron chi connectivity index (χ2n) is 3.18. The lowest BCUT2D eigenvalue weighted by molar-refractivity contribution is 0.555. The molecule has 0 fully saturated rings. The van der Waals surface area contributed by atoms with Crippen LogP contribution in [-0.4, -0.2) is 6.54 Å². The Morgan fingerprint density at radius 3 is 2.57 bits per heavy atom. The molecule has 0 aliphatic heterocycles. The van der Waals surface area contributed by atoms with Gasteiger partial charge in [0, 0.05) is 6.04 Å². The van der Waals surface area contributed by atoms with E-state index >= 15 is 0 Å². The lowest BCUT2D eigenvalue weighted by Gasteiger charge is -2.15. The fraction of sp³-hybridized carbons (Fsp3) is 0.385. The summed E-state index contributed by atoms with van der Waals surface area (Å²) in [5, 5.41) is 3.41. The first-order valence-corrected chi connectivity index (χ1v) is 5.06. The molecule has 1 aromatic rings. The van der Waals surface area contributed by atoms with Crippen LogP contribution >= 0.6 is 0 Å². The van der Waals surface area contributed by atoms with E-state index in [4.69, 9.17) is 0 Å². The molecule has 0 radical (unpaired) electrons. The number of benzene rings is 1. The lowest BCUT2D eigenvalue weighted by Crippen LogP contribution is -2.20. The van der Waals surface area contributed by atoms with Gasteiger partial charge in [-0.15, -0.1) is 5.92 Å². The van der Waals surface area contributed by atoms with E-state index in [9.17, 15) is 0 Å². The van der Waals surface area contributed by atoms with Crippen molar-refractivity contribution in [3.05, 3.63) is 35.9 Å². The van der Waals surface area contributed by atoms with Crippen LogP contribution in [0.2, 0.25) is 0 Å². The summed E-state index contributed by atoms with van der Waals surface area (Å²) in [6, 6.07) is 10.9. The molecule has 1 unspecified atom stereocenters. The van der Waals surface area contributed by atoms with E-state index in [0.29, 0.717) is 6.04 Å². The molecule has 1 atom stereocenters. The van der Waals surface area contributed by atoms with Gasteiger partial charge >= 0.3 is 0 Å². The summed E-state index contributed by atoms with van der Waals surface area (Å²) < 4.78 is 0. The average molecular weight is 187 g/mol. The number of nitrogens with one attached hydrogen (secondary N) is 1. The van der Waals surface area contributed by atoms with Crippen LogP contribution in [0.3, 0.4) is 0 Å². The standard InChI is InChI=1S/C13H17N/c1-3-5-11-14-13(4-2)12-9-7-6-8-10-12/h6-10,13-14H,4,11H2,1-2H3. The molecule has 1 N–H and O–H groups in total. The molecule has 1 heteroatoms. The van der Waals surface area contributed by atoms with Crippen LogP contribution in [-0.2, 0) is 0 Å². The van der Waals surface area contributed by atoms with Gasteiger partial charge in [0.15, 0.2) is 0 Å². The molecular weight excluding hydrogens is 170 g/mol. The Morgan fingerprint density at radius 2 is 2.00 bits per heavy atom. The molecule has 0 saturated heterocycles. The highest BCUT2D eigenvalue weighted by atomic mass is 14.9. The second-order valence-corrected chi connectivity index (χ2v) is 3.18. The van der Waals surface area contributed by atoms with Gasteiger partial charge in [-0.1, -0.05) is 43.2 Å². The molecule has 1 aromatic carbocycles. The zero-order valence-electron chi connectivity index (χ0n) is 8.88. The highest BCUT2D eigenvalue weighted by Crippen LogP contribution is 2.14. The molecule has 0 saturated carbocycles. The molecule has 1 nitrogen and oxygen atoms in total. The van der Waals surface area contributed by atoms with Crippen molar-refractivity contribution < 1.29 is 0 Å². The van der Waals surface area contributed by atoms with Crippen molar-refractivity contribution in [1.29, 1.82) is 0 Å². The quantitative estimate of drug-likeness (QED) is 0.715. The van der Waals surface area contributed by atoms with E-state index < -0.39 is 0 Å². The third-order valence-corrected chi connectivity index (χ3v) is 2.22. The summed E-state index contributed by atoms with van der Waals surface area (Å²) in [6.07, 6.45) is 1.09. The summed E-state index contributed by atoms with van der Waals surface area (Å²) in [6.45, 7) is 4.82. The molecule has 0 amide bonds. The first kappa shape index (κ1) is 10.8. The van der Waals surface area contributed by atoms with Crippen molar-refractivity contribution in [2.75, 3.05) is 6.54 Å². The van der Waals surface area contributed by atoms with Crippen molar-refractivity contribution in [3.8, 4) is 11.8 Å². The minimum Gasteiger partial charge on any atom is -0.299 e. The van der Waals surface area contributed by atoms with Crippen molar-refractivity contribution in [3.63, 3.8) is 0 Å². The van der Waals surface area contributed by atoms with E-state index in [1.54, 1.807) is 0 Å². The van der Waals surface area contributed by atoms with Crippen LogP contribution in [0.15, 0.2) is 30.3 Å². The highest BCUT2D eigenvalue weighted by Gasteiger charge is 2.05. The molecule has 0 heterocycles. The molecule has 74 valence electrons. The molecule has 1 rings (SSSR count).